The van der Waals surface area contributed by atoms with E-state index < -0.39 is 15.8 Å². The van der Waals surface area contributed by atoms with Crippen LogP contribution in [0, 0.1) is 5.82 Å². The molecule has 0 aromatic heterocycles. The summed E-state index contributed by atoms with van der Waals surface area (Å²) in [5.74, 6) is -0.608. The minimum atomic E-state index is -3.87. The fraction of sp³-hybridized carbons (Fsp3) is 0.400. The van der Waals surface area contributed by atoms with Gasteiger partial charge in [-0.15, -0.1) is 0 Å². The summed E-state index contributed by atoms with van der Waals surface area (Å²) in [7, 11) is -3.87. The fourth-order valence-electron chi connectivity index (χ4n) is 1.34. The lowest BCUT2D eigenvalue weighted by molar-refractivity contribution is 0.586. The van der Waals surface area contributed by atoms with Crippen LogP contribution in [0.15, 0.2) is 23.1 Å². The van der Waals surface area contributed by atoms with E-state index in [1.807, 2.05) is 6.92 Å². The van der Waals surface area contributed by atoms with Crippen molar-refractivity contribution in [1.82, 2.24) is 5.32 Å². The molecule has 6 heteroatoms. The fourth-order valence-corrected chi connectivity index (χ4v) is 2.12. The summed E-state index contributed by atoms with van der Waals surface area (Å²) < 4.78 is 35.4. The first-order valence-electron chi connectivity index (χ1n) is 4.97. The largest absolute Gasteiger partial charge is 0.313 e. The summed E-state index contributed by atoms with van der Waals surface area (Å²) in [6.45, 7) is 3.12. The zero-order valence-electron chi connectivity index (χ0n) is 9.03. The summed E-state index contributed by atoms with van der Waals surface area (Å²) in [6.07, 6.45) is 0.936. The Labute approximate surface area is 94.7 Å². The first-order valence-corrected chi connectivity index (χ1v) is 6.51. The number of sulfonamides is 1. The Bertz CT molecular complexity index is 460. The summed E-state index contributed by atoms with van der Waals surface area (Å²) in [6, 6.07) is 3.59. The predicted molar refractivity (Wildman–Crippen MR) is 59.8 cm³/mol. The molecule has 0 amide bonds. The van der Waals surface area contributed by atoms with Gasteiger partial charge in [0.15, 0.2) is 0 Å². The highest BCUT2D eigenvalue weighted by molar-refractivity contribution is 7.89. The average molecular weight is 246 g/mol. The minimum absolute atomic E-state index is 0.156. The molecule has 0 spiro atoms. The van der Waals surface area contributed by atoms with Crippen molar-refractivity contribution in [2.24, 2.45) is 5.14 Å². The van der Waals surface area contributed by atoms with Crippen LogP contribution in [-0.2, 0) is 16.6 Å². The quantitative estimate of drug-likeness (QED) is 0.760. The van der Waals surface area contributed by atoms with Gasteiger partial charge in [-0.05, 0) is 30.7 Å². The Hall–Kier alpha value is -0.980. The summed E-state index contributed by atoms with van der Waals surface area (Å²) in [5.41, 5.74) is 0.484. The van der Waals surface area contributed by atoms with Gasteiger partial charge in [-0.25, -0.2) is 17.9 Å². The van der Waals surface area contributed by atoms with Gasteiger partial charge in [0, 0.05) is 6.54 Å². The van der Waals surface area contributed by atoms with Gasteiger partial charge >= 0.3 is 0 Å². The summed E-state index contributed by atoms with van der Waals surface area (Å²) >= 11 is 0. The molecule has 0 aliphatic carbocycles. The van der Waals surface area contributed by atoms with Crippen LogP contribution >= 0.6 is 0 Å². The molecule has 0 saturated carbocycles. The SMILES string of the molecule is CCCNCc1ccc(F)cc1S(N)(=O)=O. The van der Waals surface area contributed by atoms with Crippen LogP contribution in [0.1, 0.15) is 18.9 Å². The zero-order valence-corrected chi connectivity index (χ0v) is 9.85. The van der Waals surface area contributed by atoms with Gasteiger partial charge in [-0.2, -0.15) is 0 Å². The van der Waals surface area contributed by atoms with E-state index in [-0.39, 0.29) is 4.90 Å². The van der Waals surface area contributed by atoms with Crippen molar-refractivity contribution in [2.75, 3.05) is 6.54 Å². The van der Waals surface area contributed by atoms with Crippen molar-refractivity contribution < 1.29 is 12.8 Å². The molecule has 90 valence electrons. The lowest BCUT2D eigenvalue weighted by Crippen LogP contribution is -2.19. The molecule has 3 N–H and O–H groups in total. The molecule has 0 radical (unpaired) electrons. The molecule has 1 aromatic carbocycles. The van der Waals surface area contributed by atoms with Gasteiger partial charge in [0.05, 0.1) is 4.90 Å². The molecule has 1 rings (SSSR count). The Morgan fingerprint density at radius 2 is 2.12 bits per heavy atom. The molecule has 0 fully saturated rings. The highest BCUT2D eigenvalue weighted by Gasteiger charge is 2.14. The molecule has 16 heavy (non-hydrogen) atoms. The van der Waals surface area contributed by atoms with E-state index in [4.69, 9.17) is 5.14 Å². The number of halogens is 1. The highest BCUT2D eigenvalue weighted by atomic mass is 32.2. The van der Waals surface area contributed by atoms with Gasteiger partial charge in [0.2, 0.25) is 10.0 Å². The number of benzene rings is 1. The normalized spacial score (nSPS) is 11.7. The Morgan fingerprint density at radius 3 is 2.69 bits per heavy atom. The number of rotatable bonds is 5. The third-order valence-corrected chi connectivity index (χ3v) is 3.07. The topological polar surface area (TPSA) is 72.2 Å². The summed E-state index contributed by atoms with van der Waals surface area (Å²) in [4.78, 5) is -0.156. The first-order chi connectivity index (χ1) is 7.45. The smallest absolute Gasteiger partial charge is 0.238 e. The molecule has 0 aliphatic rings. The Balaban J connectivity index is 2.99. The summed E-state index contributed by atoms with van der Waals surface area (Å²) in [5, 5.41) is 8.05. The van der Waals surface area contributed by atoms with Crippen LogP contribution < -0.4 is 10.5 Å². The number of nitrogens with one attached hydrogen (secondary N) is 1. The number of nitrogens with two attached hydrogens (primary N) is 1. The third-order valence-electron chi connectivity index (χ3n) is 2.08. The van der Waals surface area contributed by atoms with E-state index in [9.17, 15) is 12.8 Å². The standard InChI is InChI=1S/C10H15FN2O2S/c1-2-5-13-7-8-3-4-9(11)6-10(8)16(12,14)15/h3-4,6,13H,2,5,7H2,1H3,(H2,12,14,15). The van der Waals surface area contributed by atoms with Crippen LogP contribution in [0.2, 0.25) is 0 Å². The van der Waals surface area contributed by atoms with Gasteiger partial charge < -0.3 is 5.32 Å². The molecular formula is C10H15FN2O2S. The molecule has 0 unspecified atom stereocenters. The Morgan fingerprint density at radius 1 is 1.44 bits per heavy atom. The van der Waals surface area contributed by atoms with Crippen LogP contribution in [0.4, 0.5) is 4.39 Å². The van der Waals surface area contributed by atoms with Crippen molar-refractivity contribution in [2.45, 2.75) is 24.8 Å². The minimum Gasteiger partial charge on any atom is -0.313 e. The molecule has 0 bridgehead atoms. The van der Waals surface area contributed by atoms with Crippen LogP contribution in [0.25, 0.3) is 0 Å². The lowest BCUT2D eigenvalue weighted by atomic mass is 10.2. The van der Waals surface area contributed by atoms with Gasteiger partial charge in [0.25, 0.3) is 0 Å². The van der Waals surface area contributed by atoms with Gasteiger partial charge in [-0.3, -0.25) is 0 Å². The number of primary sulfonamides is 1. The monoisotopic (exact) mass is 246 g/mol. The van der Waals surface area contributed by atoms with Gasteiger partial charge in [-0.1, -0.05) is 13.0 Å². The maximum atomic E-state index is 12.9. The second-order valence-corrected chi connectivity index (χ2v) is 5.00. The molecule has 0 heterocycles. The van der Waals surface area contributed by atoms with Crippen LogP contribution in [-0.4, -0.2) is 15.0 Å². The predicted octanol–water partition coefficient (Wildman–Crippen LogP) is 0.973. The van der Waals surface area contributed by atoms with Crippen molar-refractivity contribution in [3.63, 3.8) is 0 Å². The van der Waals surface area contributed by atoms with Crippen molar-refractivity contribution in [1.29, 1.82) is 0 Å². The molecule has 1 aromatic rings. The second-order valence-electron chi connectivity index (χ2n) is 3.47. The second kappa shape index (κ2) is 5.38. The molecule has 4 nitrogen and oxygen atoms in total. The van der Waals surface area contributed by atoms with E-state index in [1.54, 1.807) is 0 Å². The average Bonchev–Trinajstić information content (AvgIpc) is 2.19. The molecule has 0 aliphatic heterocycles. The maximum absolute atomic E-state index is 12.9. The molecular weight excluding hydrogens is 231 g/mol. The van der Waals surface area contributed by atoms with E-state index in [1.165, 1.54) is 12.1 Å². The van der Waals surface area contributed by atoms with Crippen molar-refractivity contribution in [3.8, 4) is 0 Å². The number of hydrogen-bond donors (Lipinski definition) is 2. The number of hydrogen-bond acceptors (Lipinski definition) is 3. The zero-order chi connectivity index (χ0) is 12.2. The first kappa shape index (κ1) is 13.1. The van der Waals surface area contributed by atoms with Crippen molar-refractivity contribution >= 4 is 10.0 Å². The van der Waals surface area contributed by atoms with E-state index in [0.29, 0.717) is 12.1 Å². The maximum Gasteiger partial charge on any atom is 0.238 e. The molecule has 0 atom stereocenters. The highest BCUT2D eigenvalue weighted by Crippen LogP contribution is 2.15. The van der Waals surface area contributed by atoms with E-state index >= 15 is 0 Å². The van der Waals surface area contributed by atoms with E-state index in [2.05, 4.69) is 5.32 Å². The molecule has 0 saturated heterocycles. The Kier molecular flexibility index (Phi) is 4.40. The lowest BCUT2D eigenvalue weighted by Gasteiger charge is -2.08. The third kappa shape index (κ3) is 3.55. The van der Waals surface area contributed by atoms with Gasteiger partial charge in [0.1, 0.15) is 5.82 Å². The van der Waals surface area contributed by atoms with Crippen LogP contribution in [0.5, 0.6) is 0 Å². The van der Waals surface area contributed by atoms with Crippen LogP contribution in [0.3, 0.4) is 0 Å². The van der Waals surface area contributed by atoms with E-state index in [0.717, 1.165) is 19.0 Å². The van der Waals surface area contributed by atoms with Crippen molar-refractivity contribution in [3.05, 3.63) is 29.6 Å².